The van der Waals surface area contributed by atoms with Crippen molar-refractivity contribution < 1.29 is 17.7 Å². The van der Waals surface area contributed by atoms with Gasteiger partial charge >= 0.3 is 6.18 Å². The topological polar surface area (TPSA) is 64.9 Å². The third-order valence-corrected chi connectivity index (χ3v) is 3.56. The zero-order chi connectivity index (χ0) is 14.3. The Bertz CT molecular complexity index is 428. The first-order chi connectivity index (χ1) is 8.68. The summed E-state index contributed by atoms with van der Waals surface area (Å²) < 4.78 is 42.8. The maximum atomic E-state index is 12.6. The van der Waals surface area contributed by atoms with Crippen LogP contribution in [-0.4, -0.2) is 16.3 Å². The first-order valence-electron chi connectivity index (χ1n) is 6.37. The highest BCUT2D eigenvalue weighted by molar-refractivity contribution is 5.03. The summed E-state index contributed by atoms with van der Waals surface area (Å²) in [5.41, 5.74) is 5.14. The molecule has 108 valence electrons. The molecule has 2 N–H and O–H groups in total. The van der Waals surface area contributed by atoms with Gasteiger partial charge < -0.3 is 10.3 Å². The van der Waals surface area contributed by atoms with E-state index < -0.39 is 17.6 Å². The standard InChI is InChI=1S/C12H18F3N3O/c1-11(2,16)10-17-9(19-18-10)7-3-5-8(6-4-7)12(13,14)15/h7-8H,3-6,16H2,1-2H3. The Kier molecular flexibility index (Phi) is 3.59. The van der Waals surface area contributed by atoms with Crippen LogP contribution in [0.2, 0.25) is 0 Å². The van der Waals surface area contributed by atoms with Crippen LogP contribution in [0.15, 0.2) is 4.52 Å². The Morgan fingerprint density at radius 2 is 1.74 bits per heavy atom. The lowest BCUT2D eigenvalue weighted by Crippen LogP contribution is -2.30. The maximum absolute atomic E-state index is 12.6. The molecule has 7 heteroatoms. The minimum Gasteiger partial charge on any atom is -0.339 e. The van der Waals surface area contributed by atoms with Crippen LogP contribution in [0.4, 0.5) is 13.2 Å². The summed E-state index contributed by atoms with van der Waals surface area (Å²) in [5, 5.41) is 3.80. The summed E-state index contributed by atoms with van der Waals surface area (Å²) in [5.74, 6) is -0.478. The van der Waals surface area contributed by atoms with Crippen LogP contribution in [0.25, 0.3) is 0 Å². The average molecular weight is 277 g/mol. The highest BCUT2D eigenvalue weighted by atomic mass is 19.4. The molecule has 1 aromatic heterocycles. The van der Waals surface area contributed by atoms with E-state index in [-0.39, 0.29) is 18.8 Å². The molecule has 0 amide bonds. The van der Waals surface area contributed by atoms with Crippen LogP contribution in [0.1, 0.15) is 57.2 Å². The number of hydrogen-bond acceptors (Lipinski definition) is 4. The van der Waals surface area contributed by atoms with Crippen molar-refractivity contribution in [3.63, 3.8) is 0 Å². The van der Waals surface area contributed by atoms with Crippen LogP contribution in [-0.2, 0) is 5.54 Å². The predicted molar refractivity (Wildman–Crippen MR) is 62.3 cm³/mol. The number of aromatic nitrogens is 2. The fourth-order valence-corrected chi connectivity index (χ4v) is 2.33. The summed E-state index contributed by atoms with van der Waals surface area (Å²) in [6.07, 6.45) is -2.99. The van der Waals surface area contributed by atoms with E-state index in [1.807, 2.05) is 0 Å². The Morgan fingerprint density at radius 3 is 2.16 bits per heavy atom. The van der Waals surface area contributed by atoms with E-state index in [2.05, 4.69) is 10.1 Å². The largest absolute Gasteiger partial charge is 0.391 e. The minimum absolute atomic E-state index is 0.0813. The van der Waals surface area contributed by atoms with E-state index in [9.17, 15) is 13.2 Å². The minimum atomic E-state index is -4.09. The van der Waals surface area contributed by atoms with Gasteiger partial charge in [-0.2, -0.15) is 18.2 Å². The Labute approximate surface area is 109 Å². The number of nitrogens with two attached hydrogens (primary N) is 1. The predicted octanol–water partition coefficient (Wildman–Crippen LogP) is 3.10. The van der Waals surface area contributed by atoms with Crippen molar-refractivity contribution in [2.75, 3.05) is 0 Å². The number of alkyl halides is 3. The van der Waals surface area contributed by atoms with Crippen LogP contribution in [0.5, 0.6) is 0 Å². The quantitative estimate of drug-likeness (QED) is 0.902. The molecule has 0 bridgehead atoms. The van der Waals surface area contributed by atoms with Gasteiger partial charge in [0.05, 0.1) is 11.5 Å². The van der Waals surface area contributed by atoms with Gasteiger partial charge in [0.2, 0.25) is 5.89 Å². The maximum Gasteiger partial charge on any atom is 0.391 e. The van der Waals surface area contributed by atoms with Gasteiger partial charge in [-0.25, -0.2) is 0 Å². The fourth-order valence-electron chi connectivity index (χ4n) is 2.33. The lowest BCUT2D eigenvalue weighted by atomic mass is 9.81. The Hall–Kier alpha value is -1.11. The van der Waals surface area contributed by atoms with Gasteiger partial charge in [0.1, 0.15) is 0 Å². The zero-order valence-corrected chi connectivity index (χ0v) is 11.0. The molecule has 1 aliphatic carbocycles. The molecular weight excluding hydrogens is 259 g/mol. The van der Waals surface area contributed by atoms with Gasteiger partial charge in [0.25, 0.3) is 0 Å². The molecule has 0 saturated heterocycles. The van der Waals surface area contributed by atoms with E-state index in [1.165, 1.54) is 0 Å². The number of hydrogen-bond donors (Lipinski definition) is 1. The zero-order valence-electron chi connectivity index (χ0n) is 11.0. The number of rotatable bonds is 2. The first kappa shape index (κ1) is 14.3. The smallest absolute Gasteiger partial charge is 0.339 e. The second-order valence-electron chi connectivity index (χ2n) is 5.77. The molecule has 4 nitrogen and oxygen atoms in total. The lowest BCUT2D eigenvalue weighted by Gasteiger charge is -2.27. The molecule has 1 heterocycles. The molecule has 0 aliphatic heterocycles. The molecule has 1 aromatic rings. The molecule has 1 fully saturated rings. The molecule has 0 atom stereocenters. The van der Waals surface area contributed by atoms with Crippen LogP contribution >= 0.6 is 0 Å². The normalized spacial score (nSPS) is 25.6. The van der Waals surface area contributed by atoms with Crippen molar-refractivity contribution in [3.8, 4) is 0 Å². The van der Waals surface area contributed by atoms with Crippen LogP contribution in [0, 0.1) is 5.92 Å². The van der Waals surface area contributed by atoms with E-state index >= 15 is 0 Å². The molecular formula is C12H18F3N3O. The molecule has 2 rings (SSSR count). The van der Waals surface area contributed by atoms with Gasteiger partial charge in [-0.1, -0.05) is 5.16 Å². The van der Waals surface area contributed by atoms with Gasteiger partial charge in [-0.3, -0.25) is 0 Å². The van der Waals surface area contributed by atoms with Gasteiger partial charge in [-0.05, 0) is 39.5 Å². The second-order valence-corrected chi connectivity index (χ2v) is 5.77. The Balaban J connectivity index is 2.00. The monoisotopic (exact) mass is 277 g/mol. The highest BCUT2D eigenvalue weighted by Crippen LogP contribution is 2.42. The molecule has 1 saturated carbocycles. The summed E-state index contributed by atoms with van der Waals surface area (Å²) >= 11 is 0. The Morgan fingerprint density at radius 1 is 1.16 bits per heavy atom. The van der Waals surface area contributed by atoms with Crippen LogP contribution in [0.3, 0.4) is 0 Å². The highest BCUT2D eigenvalue weighted by Gasteiger charge is 2.42. The van der Waals surface area contributed by atoms with Crippen molar-refractivity contribution in [2.24, 2.45) is 11.7 Å². The third-order valence-electron chi connectivity index (χ3n) is 3.56. The molecule has 0 aromatic carbocycles. The van der Waals surface area contributed by atoms with Crippen LogP contribution < -0.4 is 5.73 Å². The fraction of sp³-hybridized carbons (Fsp3) is 0.833. The van der Waals surface area contributed by atoms with Crippen molar-refractivity contribution in [1.82, 2.24) is 10.1 Å². The molecule has 0 unspecified atom stereocenters. The van der Waals surface area contributed by atoms with Gasteiger partial charge in [0.15, 0.2) is 5.82 Å². The molecule has 0 spiro atoms. The molecule has 0 radical (unpaired) electrons. The lowest BCUT2D eigenvalue weighted by molar-refractivity contribution is -0.182. The average Bonchev–Trinajstić information content (AvgIpc) is 2.77. The third kappa shape index (κ3) is 3.26. The molecule has 1 aliphatic rings. The second kappa shape index (κ2) is 4.77. The molecule has 19 heavy (non-hydrogen) atoms. The summed E-state index contributed by atoms with van der Waals surface area (Å²) in [7, 11) is 0. The van der Waals surface area contributed by atoms with E-state index in [4.69, 9.17) is 10.3 Å². The summed E-state index contributed by atoms with van der Waals surface area (Å²) in [4.78, 5) is 4.21. The van der Waals surface area contributed by atoms with E-state index in [0.29, 0.717) is 24.6 Å². The summed E-state index contributed by atoms with van der Waals surface area (Å²) in [6.45, 7) is 3.50. The van der Waals surface area contributed by atoms with E-state index in [0.717, 1.165) is 0 Å². The van der Waals surface area contributed by atoms with E-state index in [1.54, 1.807) is 13.8 Å². The van der Waals surface area contributed by atoms with Gasteiger partial charge in [0, 0.05) is 5.92 Å². The number of nitrogens with zero attached hydrogens (tertiary/aromatic N) is 2. The van der Waals surface area contributed by atoms with Crippen molar-refractivity contribution >= 4 is 0 Å². The first-order valence-corrected chi connectivity index (χ1v) is 6.37. The summed E-state index contributed by atoms with van der Waals surface area (Å²) in [6, 6.07) is 0. The van der Waals surface area contributed by atoms with Crippen molar-refractivity contribution in [2.45, 2.75) is 57.2 Å². The van der Waals surface area contributed by atoms with Crippen molar-refractivity contribution in [3.05, 3.63) is 11.7 Å². The SMILES string of the molecule is CC(C)(N)c1noc(C2CCC(C(F)(F)F)CC2)n1. The number of halogens is 3. The van der Waals surface area contributed by atoms with Crippen molar-refractivity contribution in [1.29, 1.82) is 0 Å². The van der Waals surface area contributed by atoms with Gasteiger partial charge in [-0.15, -0.1) is 0 Å².